The molecule has 0 spiro atoms. The summed E-state index contributed by atoms with van der Waals surface area (Å²) < 4.78 is 14.0. The Morgan fingerprint density at radius 2 is 1.92 bits per heavy atom. The van der Waals surface area contributed by atoms with Crippen LogP contribution in [0.3, 0.4) is 0 Å². The normalized spacial score (nSPS) is 32.2. The van der Waals surface area contributed by atoms with Gasteiger partial charge in [0.15, 0.2) is 0 Å². The van der Waals surface area contributed by atoms with E-state index in [1.54, 1.807) is 0 Å². The van der Waals surface area contributed by atoms with Crippen molar-refractivity contribution in [1.29, 1.82) is 0 Å². The van der Waals surface area contributed by atoms with Crippen LogP contribution in [0.1, 0.15) is 18.9 Å². The standard InChI is InChI=1S/C18H22N4O2/c1-2-4-13(5-3-1)14-9-22(21-20-14)16-11-24-17-15(10-23-18(16)17)19-8-12-6-7-12/h1-5,9,12,15-19H,6-8,10-11H2/t15-,16-,17+,18+/m0/s1. The van der Waals surface area contributed by atoms with Crippen LogP contribution in [-0.2, 0) is 9.47 Å². The molecule has 4 atom stereocenters. The van der Waals surface area contributed by atoms with Gasteiger partial charge in [-0.15, -0.1) is 5.10 Å². The van der Waals surface area contributed by atoms with Crippen molar-refractivity contribution in [1.82, 2.24) is 20.3 Å². The van der Waals surface area contributed by atoms with Crippen LogP contribution in [0.2, 0.25) is 0 Å². The molecule has 3 heterocycles. The Labute approximate surface area is 141 Å². The third kappa shape index (κ3) is 2.64. The predicted molar refractivity (Wildman–Crippen MR) is 88.5 cm³/mol. The molecule has 6 nitrogen and oxygen atoms in total. The van der Waals surface area contributed by atoms with Crippen molar-refractivity contribution in [2.45, 2.75) is 37.1 Å². The van der Waals surface area contributed by atoms with E-state index in [0.717, 1.165) is 30.3 Å². The SMILES string of the molecule is c1ccc(-c2cn([C@H]3CO[C@H]4[C@@H]3OC[C@@H]4NCC3CC3)nn2)cc1. The highest BCUT2D eigenvalue weighted by Gasteiger charge is 2.49. The van der Waals surface area contributed by atoms with E-state index in [4.69, 9.17) is 9.47 Å². The Morgan fingerprint density at radius 3 is 2.75 bits per heavy atom. The summed E-state index contributed by atoms with van der Waals surface area (Å²) in [4.78, 5) is 0. The minimum Gasteiger partial charge on any atom is -0.371 e. The number of nitrogens with one attached hydrogen (secondary N) is 1. The first-order valence-electron chi connectivity index (χ1n) is 8.82. The lowest BCUT2D eigenvalue weighted by molar-refractivity contribution is 0.0620. The molecule has 2 saturated heterocycles. The van der Waals surface area contributed by atoms with E-state index in [1.165, 1.54) is 12.8 Å². The molecule has 0 radical (unpaired) electrons. The zero-order chi connectivity index (χ0) is 15.9. The lowest BCUT2D eigenvalue weighted by Gasteiger charge is -2.17. The van der Waals surface area contributed by atoms with E-state index >= 15 is 0 Å². The van der Waals surface area contributed by atoms with Crippen LogP contribution in [0, 0.1) is 5.92 Å². The van der Waals surface area contributed by atoms with E-state index in [9.17, 15) is 0 Å². The maximum absolute atomic E-state index is 6.05. The van der Waals surface area contributed by atoms with Crippen LogP contribution in [0.5, 0.6) is 0 Å². The number of benzene rings is 1. The van der Waals surface area contributed by atoms with Gasteiger partial charge in [0.25, 0.3) is 0 Å². The summed E-state index contributed by atoms with van der Waals surface area (Å²) >= 11 is 0. The fourth-order valence-electron chi connectivity index (χ4n) is 3.70. The molecule has 24 heavy (non-hydrogen) atoms. The Morgan fingerprint density at radius 1 is 1.08 bits per heavy atom. The molecular weight excluding hydrogens is 304 g/mol. The molecule has 0 bridgehead atoms. The molecule has 1 aromatic carbocycles. The Balaban J connectivity index is 1.29. The summed E-state index contributed by atoms with van der Waals surface area (Å²) in [5, 5.41) is 12.3. The van der Waals surface area contributed by atoms with Crippen LogP contribution in [0.25, 0.3) is 11.3 Å². The van der Waals surface area contributed by atoms with Crippen LogP contribution in [0.15, 0.2) is 36.5 Å². The van der Waals surface area contributed by atoms with Gasteiger partial charge in [-0.3, -0.25) is 0 Å². The monoisotopic (exact) mass is 326 g/mol. The van der Waals surface area contributed by atoms with Crippen molar-refractivity contribution in [3.8, 4) is 11.3 Å². The van der Waals surface area contributed by atoms with Crippen molar-refractivity contribution in [3.05, 3.63) is 36.5 Å². The molecule has 5 rings (SSSR count). The van der Waals surface area contributed by atoms with Crippen LogP contribution in [-0.4, -0.2) is 53.0 Å². The second kappa shape index (κ2) is 5.95. The first-order chi connectivity index (χ1) is 11.9. The third-order valence-electron chi connectivity index (χ3n) is 5.31. The highest BCUT2D eigenvalue weighted by Crippen LogP contribution is 2.35. The Hall–Kier alpha value is -1.76. The highest BCUT2D eigenvalue weighted by atomic mass is 16.6. The molecule has 6 heteroatoms. The summed E-state index contributed by atoms with van der Waals surface area (Å²) in [6, 6.07) is 10.5. The van der Waals surface area contributed by atoms with Gasteiger partial charge in [0.2, 0.25) is 0 Å². The highest BCUT2D eigenvalue weighted by molar-refractivity contribution is 5.57. The minimum absolute atomic E-state index is 0.0621. The fourth-order valence-corrected chi connectivity index (χ4v) is 3.70. The summed E-state index contributed by atoms with van der Waals surface area (Å²) in [6.45, 7) is 2.44. The molecule has 3 fully saturated rings. The number of fused-ring (bicyclic) bond motifs is 1. The van der Waals surface area contributed by atoms with Crippen LogP contribution < -0.4 is 5.32 Å². The smallest absolute Gasteiger partial charge is 0.113 e. The Kier molecular flexibility index (Phi) is 3.61. The van der Waals surface area contributed by atoms with Gasteiger partial charge in [0, 0.05) is 5.56 Å². The molecule has 1 saturated carbocycles. The molecular formula is C18H22N4O2. The van der Waals surface area contributed by atoms with E-state index in [0.29, 0.717) is 12.6 Å². The summed E-state index contributed by atoms with van der Waals surface area (Å²) in [5.41, 5.74) is 1.97. The van der Waals surface area contributed by atoms with E-state index in [-0.39, 0.29) is 18.2 Å². The van der Waals surface area contributed by atoms with Gasteiger partial charge in [-0.05, 0) is 25.3 Å². The van der Waals surface area contributed by atoms with E-state index < -0.39 is 0 Å². The molecule has 2 aliphatic heterocycles. The van der Waals surface area contributed by atoms with Gasteiger partial charge in [0.05, 0.1) is 25.5 Å². The summed E-state index contributed by atoms with van der Waals surface area (Å²) in [6.07, 6.45) is 4.91. The van der Waals surface area contributed by atoms with Crippen molar-refractivity contribution >= 4 is 0 Å². The van der Waals surface area contributed by atoms with Gasteiger partial charge in [-0.1, -0.05) is 35.5 Å². The largest absolute Gasteiger partial charge is 0.371 e. The molecule has 1 aromatic heterocycles. The second-order valence-corrected chi connectivity index (χ2v) is 7.07. The quantitative estimate of drug-likeness (QED) is 0.905. The molecule has 126 valence electrons. The number of aromatic nitrogens is 3. The zero-order valence-electron chi connectivity index (χ0n) is 13.5. The summed E-state index contributed by atoms with van der Waals surface area (Å²) in [5.74, 6) is 0.866. The number of rotatable bonds is 5. The molecule has 1 aliphatic carbocycles. The molecule has 1 N–H and O–H groups in total. The first kappa shape index (κ1) is 14.6. The van der Waals surface area contributed by atoms with Gasteiger partial charge in [-0.25, -0.2) is 4.68 Å². The van der Waals surface area contributed by atoms with Crippen molar-refractivity contribution in [2.24, 2.45) is 5.92 Å². The molecule has 0 amide bonds. The van der Waals surface area contributed by atoms with Gasteiger partial charge in [0.1, 0.15) is 23.9 Å². The number of hydrogen-bond acceptors (Lipinski definition) is 5. The molecule has 0 unspecified atom stereocenters. The maximum atomic E-state index is 6.05. The van der Waals surface area contributed by atoms with Gasteiger partial charge in [-0.2, -0.15) is 0 Å². The average molecular weight is 326 g/mol. The molecule has 2 aromatic rings. The van der Waals surface area contributed by atoms with Crippen LogP contribution >= 0.6 is 0 Å². The zero-order valence-corrected chi connectivity index (χ0v) is 13.5. The van der Waals surface area contributed by atoms with Crippen molar-refractivity contribution < 1.29 is 9.47 Å². The predicted octanol–water partition coefficient (Wildman–Crippen LogP) is 1.65. The topological polar surface area (TPSA) is 61.2 Å². The third-order valence-corrected chi connectivity index (χ3v) is 5.31. The average Bonchev–Trinajstić information content (AvgIpc) is 3.01. The van der Waals surface area contributed by atoms with Crippen molar-refractivity contribution in [2.75, 3.05) is 19.8 Å². The first-order valence-corrected chi connectivity index (χ1v) is 8.82. The van der Waals surface area contributed by atoms with Gasteiger partial charge < -0.3 is 14.8 Å². The minimum atomic E-state index is 0.0621. The van der Waals surface area contributed by atoms with Gasteiger partial charge >= 0.3 is 0 Å². The second-order valence-electron chi connectivity index (χ2n) is 7.07. The van der Waals surface area contributed by atoms with E-state index in [2.05, 4.69) is 15.6 Å². The van der Waals surface area contributed by atoms with E-state index in [1.807, 2.05) is 41.2 Å². The molecule has 3 aliphatic rings. The lowest BCUT2D eigenvalue weighted by Crippen LogP contribution is -2.41. The lowest BCUT2D eigenvalue weighted by atomic mass is 10.1. The Bertz CT molecular complexity index is 700. The number of nitrogens with zero attached hydrogens (tertiary/aromatic N) is 3. The maximum Gasteiger partial charge on any atom is 0.113 e. The number of hydrogen-bond donors (Lipinski definition) is 1. The number of ether oxygens (including phenoxy) is 2. The fraction of sp³-hybridized carbons (Fsp3) is 0.556. The van der Waals surface area contributed by atoms with Crippen LogP contribution in [0.4, 0.5) is 0 Å². The van der Waals surface area contributed by atoms with Crippen molar-refractivity contribution in [3.63, 3.8) is 0 Å². The summed E-state index contributed by atoms with van der Waals surface area (Å²) in [7, 11) is 0.